The van der Waals surface area contributed by atoms with E-state index in [-0.39, 0.29) is 17.7 Å². The van der Waals surface area contributed by atoms with Crippen molar-refractivity contribution in [3.05, 3.63) is 106 Å². The number of aromatic nitrogens is 3. The monoisotopic (exact) mass is 489 g/mol. The number of hydrogen-bond acceptors (Lipinski definition) is 3. The number of carbonyl (C=O) groups excluding carboxylic acids is 1. The van der Waals surface area contributed by atoms with Gasteiger partial charge in [-0.15, -0.1) is 0 Å². The Labute approximate surface area is 206 Å². The van der Waals surface area contributed by atoms with Crippen molar-refractivity contribution in [1.82, 2.24) is 14.5 Å². The summed E-state index contributed by atoms with van der Waals surface area (Å²) in [5.41, 5.74) is 5.14. The average Bonchev–Trinajstić information content (AvgIpc) is 3.35. The third kappa shape index (κ3) is 3.98. The lowest BCUT2D eigenvalue weighted by molar-refractivity contribution is 0.0941. The number of carbonyl (C=O) groups is 1. The largest absolute Gasteiger partial charge is 0.492 e. The number of imidazole rings is 1. The minimum absolute atomic E-state index is 0.0302. The Balaban J connectivity index is 1.76. The van der Waals surface area contributed by atoms with E-state index in [1.54, 1.807) is 18.4 Å². The third-order valence-electron chi connectivity index (χ3n) is 5.99. The lowest BCUT2D eigenvalue weighted by Crippen LogP contribution is -2.06. The van der Waals surface area contributed by atoms with E-state index in [2.05, 4.69) is 16.0 Å². The Morgan fingerprint density at radius 1 is 1.00 bits per heavy atom. The van der Waals surface area contributed by atoms with Crippen molar-refractivity contribution in [2.45, 2.75) is 19.8 Å². The number of aromatic amines is 1. The van der Waals surface area contributed by atoms with E-state index in [1.165, 1.54) is 0 Å². The van der Waals surface area contributed by atoms with Gasteiger partial charge in [-0.1, -0.05) is 53.5 Å². The van der Waals surface area contributed by atoms with Gasteiger partial charge in [0.25, 0.3) is 0 Å². The van der Waals surface area contributed by atoms with Gasteiger partial charge in [0.05, 0.1) is 17.1 Å². The molecule has 3 aromatic carbocycles. The molecule has 0 saturated heterocycles. The highest BCUT2D eigenvalue weighted by atomic mass is 35.5. The van der Waals surface area contributed by atoms with Crippen LogP contribution in [0.1, 0.15) is 40.3 Å². The number of nitrogens with one attached hydrogen (secondary N) is 1. The van der Waals surface area contributed by atoms with Crippen molar-refractivity contribution in [2.75, 3.05) is 0 Å². The molecule has 7 heteroatoms. The van der Waals surface area contributed by atoms with Crippen LogP contribution >= 0.6 is 23.2 Å². The number of nitrogens with zero attached hydrogens (tertiary/aromatic N) is 2. The lowest BCUT2D eigenvalue weighted by Gasteiger charge is -2.17. The van der Waals surface area contributed by atoms with E-state index in [0.717, 1.165) is 33.2 Å². The van der Waals surface area contributed by atoms with Gasteiger partial charge in [-0.2, -0.15) is 4.98 Å². The molecule has 1 atom stereocenters. The van der Waals surface area contributed by atoms with Gasteiger partial charge in [0.2, 0.25) is 11.8 Å². The molecule has 2 aromatic heterocycles. The minimum atomic E-state index is -0.283. The summed E-state index contributed by atoms with van der Waals surface area (Å²) in [7, 11) is 0. The number of aryl methyl sites for hydroxylation is 1. The van der Waals surface area contributed by atoms with Crippen LogP contribution in [0.25, 0.3) is 22.0 Å². The number of benzene rings is 3. The predicted octanol–water partition coefficient (Wildman–Crippen LogP) is 7.19. The number of halogens is 2. The standard InChI is InChI=1S/C27H21Cl2N3O2/c1-15-27(34)31-26(30-15)25(17-6-9-20(28)10-7-17)19-8-11-24-22(13-19)23(14-32(24)16(2)33)18-4-3-5-21(29)12-18/h3-14,25,34H,1-2H3,(H,30,31). The van der Waals surface area contributed by atoms with E-state index < -0.39 is 0 Å². The van der Waals surface area contributed by atoms with E-state index in [4.69, 9.17) is 23.2 Å². The molecule has 0 aliphatic carbocycles. The van der Waals surface area contributed by atoms with Gasteiger partial charge in [-0.3, -0.25) is 9.36 Å². The van der Waals surface area contributed by atoms with E-state index in [9.17, 15) is 9.90 Å². The van der Waals surface area contributed by atoms with E-state index in [0.29, 0.717) is 21.6 Å². The van der Waals surface area contributed by atoms with E-state index >= 15 is 0 Å². The summed E-state index contributed by atoms with van der Waals surface area (Å²) in [6.45, 7) is 3.32. The molecule has 34 heavy (non-hydrogen) atoms. The maximum absolute atomic E-state index is 12.4. The Bertz CT molecular complexity index is 1510. The molecule has 2 heterocycles. The van der Waals surface area contributed by atoms with Crippen molar-refractivity contribution in [2.24, 2.45) is 0 Å². The zero-order valence-corrected chi connectivity index (χ0v) is 20.0. The van der Waals surface area contributed by atoms with E-state index in [1.807, 2.05) is 66.9 Å². The molecule has 0 bridgehead atoms. The fraction of sp³-hybridized carbons (Fsp3) is 0.111. The molecule has 170 valence electrons. The molecule has 5 nitrogen and oxygen atoms in total. The first-order valence-corrected chi connectivity index (χ1v) is 11.5. The highest BCUT2D eigenvalue weighted by Gasteiger charge is 2.23. The molecule has 0 aliphatic rings. The summed E-state index contributed by atoms with van der Waals surface area (Å²) in [5.74, 6) is 0.227. The zero-order chi connectivity index (χ0) is 24.0. The molecule has 0 radical (unpaired) electrons. The summed E-state index contributed by atoms with van der Waals surface area (Å²) in [5, 5.41) is 12.3. The Kier molecular flexibility index (Phi) is 5.68. The van der Waals surface area contributed by atoms with Crippen molar-refractivity contribution in [1.29, 1.82) is 0 Å². The van der Waals surface area contributed by atoms with Crippen LogP contribution in [0.5, 0.6) is 5.88 Å². The highest BCUT2D eigenvalue weighted by Crippen LogP contribution is 2.38. The number of fused-ring (bicyclic) bond motifs is 1. The van der Waals surface area contributed by atoms with Crippen LogP contribution in [-0.2, 0) is 0 Å². The molecular formula is C27H21Cl2N3O2. The Morgan fingerprint density at radius 3 is 2.38 bits per heavy atom. The van der Waals surface area contributed by atoms with Gasteiger partial charge in [0.15, 0.2) is 0 Å². The highest BCUT2D eigenvalue weighted by molar-refractivity contribution is 6.31. The van der Waals surface area contributed by atoms with Crippen LogP contribution in [0.15, 0.2) is 72.9 Å². The van der Waals surface area contributed by atoms with Gasteiger partial charge in [-0.25, -0.2) is 0 Å². The van der Waals surface area contributed by atoms with Gasteiger partial charge in [0, 0.05) is 34.1 Å². The van der Waals surface area contributed by atoms with Crippen molar-refractivity contribution >= 4 is 40.0 Å². The fourth-order valence-corrected chi connectivity index (χ4v) is 4.66. The molecule has 0 aliphatic heterocycles. The summed E-state index contributed by atoms with van der Waals surface area (Å²) in [6, 6.07) is 21.1. The number of aromatic hydroxyl groups is 1. The van der Waals surface area contributed by atoms with Crippen LogP contribution in [0.4, 0.5) is 0 Å². The quantitative estimate of drug-likeness (QED) is 0.280. The van der Waals surface area contributed by atoms with Gasteiger partial charge in [-0.05, 0) is 60.0 Å². The smallest absolute Gasteiger partial charge is 0.232 e. The maximum atomic E-state index is 12.4. The summed E-state index contributed by atoms with van der Waals surface area (Å²) in [6.07, 6.45) is 1.85. The van der Waals surface area contributed by atoms with Crippen molar-refractivity contribution in [3.8, 4) is 17.0 Å². The molecule has 0 fully saturated rings. The number of H-pyrrole nitrogens is 1. The molecule has 0 saturated carbocycles. The first kappa shape index (κ1) is 22.3. The normalized spacial score (nSPS) is 12.2. The van der Waals surface area contributed by atoms with Gasteiger partial charge < -0.3 is 10.1 Å². The number of rotatable bonds is 4. The van der Waals surface area contributed by atoms with Crippen LogP contribution < -0.4 is 0 Å². The second-order valence-electron chi connectivity index (χ2n) is 8.27. The summed E-state index contributed by atoms with van der Waals surface area (Å²) < 4.78 is 1.65. The van der Waals surface area contributed by atoms with Gasteiger partial charge >= 0.3 is 0 Å². The fourth-order valence-electron chi connectivity index (χ4n) is 4.35. The molecule has 2 N–H and O–H groups in total. The predicted molar refractivity (Wildman–Crippen MR) is 136 cm³/mol. The second-order valence-corrected chi connectivity index (χ2v) is 9.15. The summed E-state index contributed by atoms with van der Waals surface area (Å²) >= 11 is 12.4. The zero-order valence-electron chi connectivity index (χ0n) is 18.5. The molecule has 5 aromatic rings. The summed E-state index contributed by atoms with van der Waals surface area (Å²) in [4.78, 5) is 20.0. The molecule has 1 unspecified atom stereocenters. The van der Waals surface area contributed by atoms with Gasteiger partial charge in [0.1, 0.15) is 5.82 Å². The number of hydrogen-bond donors (Lipinski definition) is 2. The van der Waals surface area contributed by atoms with Crippen molar-refractivity contribution < 1.29 is 9.90 Å². The molecule has 5 rings (SSSR count). The molecular weight excluding hydrogens is 469 g/mol. The van der Waals surface area contributed by atoms with Crippen LogP contribution in [0.3, 0.4) is 0 Å². The van der Waals surface area contributed by atoms with Crippen LogP contribution in [0.2, 0.25) is 10.0 Å². The second kappa shape index (κ2) is 8.67. The van der Waals surface area contributed by atoms with Crippen LogP contribution in [-0.4, -0.2) is 25.5 Å². The lowest BCUT2D eigenvalue weighted by atomic mass is 9.89. The molecule has 0 amide bonds. The minimum Gasteiger partial charge on any atom is -0.492 e. The maximum Gasteiger partial charge on any atom is 0.232 e. The van der Waals surface area contributed by atoms with Crippen LogP contribution in [0, 0.1) is 6.92 Å². The molecule has 0 spiro atoms. The first-order chi connectivity index (χ1) is 16.3. The SMILES string of the molecule is CC(=O)n1cc(-c2cccc(Cl)c2)c2cc(C(c3ccc(Cl)cc3)c3nc(O)c(C)[nH]3)ccc21. The Morgan fingerprint density at radius 2 is 1.74 bits per heavy atom. The average molecular weight is 490 g/mol. The third-order valence-corrected chi connectivity index (χ3v) is 6.48. The topological polar surface area (TPSA) is 70.9 Å². The first-order valence-electron chi connectivity index (χ1n) is 10.7. The van der Waals surface area contributed by atoms with Crippen molar-refractivity contribution in [3.63, 3.8) is 0 Å². The Hall–Kier alpha value is -3.54.